The molecule has 1 atom stereocenters. The van der Waals surface area contributed by atoms with Crippen molar-refractivity contribution >= 4 is 35.2 Å². The third-order valence-corrected chi connectivity index (χ3v) is 14.5. The van der Waals surface area contributed by atoms with Gasteiger partial charge in [-0.2, -0.15) is 0 Å². The van der Waals surface area contributed by atoms with Crippen molar-refractivity contribution in [3.63, 3.8) is 0 Å². The van der Waals surface area contributed by atoms with Crippen LogP contribution >= 0.6 is 0 Å². The number of carbonyl (C=O) groups is 1. The summed E-state index contributed by atoms with van der Waals surface area (Å²) < 4.78 is 43.1. The van der Waals surface area contributed by atoms with E-state index in [4.69, 9.17) is 9.16 Å². The summed E-state index contributed by atoms with van der Waals surface area (Å²) in [6.07, 6.45) is 7.19. The number of rotatable bonds is 11. The van der Waals surface area contributed by atoms with Crippen LogP contribution in [0.5, 0.6) is 0 Å². The number of nitrogens with one attached hydrogen (secondary N) is 1. The fourth-order valence-corrected chi connectivity index (χ4v) is 7.51. The molecule has 1 saturated carbocycles. The number of carbonyl (C=O) groups excluding carboxylic acids is 1. The summed E-state index contributed by atoms with van der Waals surface area (Å²) in [7, 11) is -4.01. The molecule has 0 radical (unpaired) electrons. The molecule has 3 rings (SSSR count). The molecule has 0 aliphatic heterocycles. The van der Waals surface area contributed by atoms with Crippen molar-refractivity contribution in [3.8, 4) is 0 Å². The Kier molecular flexibility index (Phi) is 9.46. The number of aromatic nitrogens is 1. The van der Waals surface area contributed by atoms with E-state index in [1.807, 2.05) is 30.5 Å². The zero-order valence-electron chi connectivity index (χ0n) is 22.8. The molecule has 1 aliphatic rings. The molecule has 202 valence electrons. The van der Waals surface area contributed by atoms with Crippen molar-refractivity contribution in [2.75, 3.05) is 13.7 Å². The Hall–Kier alpha value is -1.68. The van der Waals surface area contributed by atoms with Gasteiger partial charge in [0, 0.05) is 36.3 Å². The van der Waals surface area contributed by atoms with Gasteiger partial charge in [0.25, 0.3) is 0 Å². The second-order valence-electron chi connectivity index (χ2n) is 11.6. The molecule has 36 heavy (non-hydrogen) atoms. The Bertz CT molecular complexity index is 1130. The number of esters is 1. The standard InChI is InChI=1S/C27H44N2O5SSi/c1-27(2,3)36(5,6)34-17-16-22(28-35(31,32)23-12-8-7-9-13-23)20-29-19-21(18-26(30)33-4)24-14-10-11-15-25(24)29/h10-11,14-15,19,22-23,28H,7-9,12-13,16-18,20H2,1-6H3. The maximum absolute atomic E-state index is 13.3. The van der Waals surface area contributed by atoms with E-state index in [1.54, 1.807) is 0 Å². The first-order chi connectivity index (χ1) is 16.8. The monoisotopic (exact) mass is 536 g/mol. The Balaban J connectivity index is 1.85. The molecule has 1 unspecified atom stereocenters. The molecular weight excluding hydrogens is 492 g/mol. The van der Waals surface area contributed by atoms with E-state index in [-0.39, 0.29) is 28.7 Å². The summed E-state index contributed by atoms with van der Waals surface area (Å²) in [5, 5.41) is 0.740. The minimum Gasteiger partial charge on any atom is -0.469 e. The lowest BCUT2D eigenvalue weighted by Crippen LogP contribution is -2.45. The van der Waals surface area contributed by atoms with E-state index in [2.05, 4.69) is 43.2 Å². The lowest BCUT2D eigenvalue weighted by atomic mass is 10.0. The molecule has 0 amide bonds. The fraction of sp³-hybridized carbons (Fsp3) is 0.667. The van der Waals surface area contributed by atoms with Crippen LogP contribution in [0.15, 0.2) is 30.5 Å². The average molecular weight is 537 g/mol. The second-order valence-corrected chi connectivity index (χ2v) is 18.4. The Labute approximate surface area is 218 Å². The molecule has 1 N–H and O–H groups in total. The fourth-order valence-electron chi connectivity index (χ4n) is 4.64. The molecule has 0 saturated heterocycles. The lowest BCUT2D eigenvalue weighted by Gasteiger charge is -2.36. The highest BCUT2D eigenvalue weighted by molar-refractivity contribution is 7.90. The molecule has 2 aromatic rings. The number of ether oxygens (including phenoxy) is 1. The SMILES string of the molecule is COC(=O)Cc1cn(CC(CCO[Si](C)(C)C(C)(C)C)NS(=O)(=O)C2CCCCC2)c2ccccc12. The normalized spacial score (nSPS) is 16.8. The average Bonchev–Trinajstić information content (AvgIpc) is 3.15. The van der Waals surface area contributed by atoms with Crippen molar-refractivity contribution in [2.45, 2.75) is 102 Å². The first-order valence-corrected chi connectivity index (χ1v) is 17.6. The zero-order valence-corrected chi connectivity index (χ0v) is 24.6. The van der Waals surface area contributed by atoms with E-state index in [0.29, 0.717) is 19.6 Å². The van der Waals surface area contributed by atoms with Crippen LogP contribution in [0, 0.1) is 0 Å². The van der Waals surface area contributed by atoms with Crippen LogP contribution in [0.1, 0.15) is 64.9 Å². The van der Waals surface area contributed by atoms with Crippen LogP contribution in [0.4, 0.5) is 0 Å². The van der Waals surface area contributed by atoms with Crippen LogP contribution in [0.2, 0.25) is 18.1 Å². The smallest absolute Gasteiger partial charge is 0.310 e. The molecule has 0 bridgehead atoms. The van der Waals surface area contributed by atoms with Gasteiger partial charge < -0.3 is 13.7 Å². The molecule has 1 heterocycles. The highest BCUT2D eigenvalue weighted by Gasteiger charge is 2.37. The van der Waals surface area contributed by atoms with Crippen molar-refractivity contribution in [1.82, 2.24) is 9.29 Å². The third kappa shape index (κ3) is 7.21. The predicted molar refractivity (Wildman–Crippen MR) is 148 cm³/mol. The number of methoxy groups -OCH3 is 1. The molecule has 0 spiro atoms. The van der Waals surface area contributed by atoms with E-state index >= 15 is 0 Å². The summed E-state index contributed by atoms with van der Waals surface area (Å²) >= 11 is 0. The van der Waals surface area contributed by atoms with E-state index in [0.717, 1.165) is 48.6 Å². The van der Waals surface area contributed by atoms with Gasteiger partial charge in [-0.3, -0.25) is 4.79 Å². The van der Waals surface area contributed by atoms with Gasteiger partial charge in [0.15, 0.2) is 8.32 Å². The van der Waals surface area contributed by atoms with Crippen LogP contribution < -0.4 is 4.72 Å². The van der Waals surface area contributed by atoms with Crippen molar-refractivity contribution in [3.05, 3.63) is 36.0 Å². The number of sulfonamides is 1. The van der Waals surface area contributed by atoms with Crippen LogP contribution in [-0.4, -0.2) is 52.3 Å². The minimum absolute atomic E-state index is 0.0868. The van der Waals surface area contributed by atoms with Gasteiger partial charge in [-0.05, 0) is 49.0 Å². The number of hydrogen-bond acceptors (Lipinski definition) is 5. The van der Waals surface area contributed by atoms with Crippen LogP contribution in [-0.2, 0) is 36.9 Å². The molecular formula is C27H44N2O5SSi. The van der Waals surface area contributed by atoms with Crippen molar-refractivity contribution < 1.29 is 22.4 Å². The van der Waals surface area contributed by atoms with Crippen molar-refractivity contribution in [1.29, 1.82) is 0 Å². The molecule has 7 nitrogen and oxygen atoms in total. The lowest BCUT2D eigenvalue weighted by molar-refractivity contribution is -0.139. The molecule has 1 fully saturated rings. The van der Waals surface area contributed by atoms with Gasteiger partial charge in [0.05, 0.1) is 18.8 Å². The largest absolute Gasteiger partial charge is 0.469 e. The zero-order chi connectivity index (χ0) is 26.6. The van der Waals surface area contributed by atoms with Gasteiger partial charge in [-0.1, -0.05) is 58.2 Å². The molecule has 1 aromatic carbocycles. The molecule has 1 aromatic heterocycles. The van der Waals surface area contributed by atoms with Gasteiger partial charge in [0.1, 0.15) is 0 Å². The second kappa shape index (κ2) is 11.8. The number of hydrogen-bond donors (Lipinski definition) is 1. The minimum atomic E-state index is -3.45. The summed E-state index contributed by atoms with van der Waals surface area (Å²) in [6.45, 7) is 12.0. The Morgan fingerprint density at radius 2 is 1.83 bits per heavy atom. The summed E-state index contributed by atoms with van der Waals surface area (Å²) in [5.74, 6) is -0.296. The first kappa shape index (κ1) is 28.9. The quantitative estimate of drug-likeness (QED) is 0.307. The van der Waals surface area contributed by atoms with Gasteiger partial charge in [-0.25, -0.2) is 13.1 Å². The van der Waals surface area contributed by atoms with Crippen LogP contribution in [0.25, 0.3) is 10.9 Å². The van der Waals surface area contributed by atoms with E-state index in [1.165, 1.54) is 7.11 Å². The summed E-state index contributed by atoms with van der Waals surface area (Å²) in [6, 6.07) is 7.59. The highest BCUT2D eigenvalue weighted by atomic mass is 32.2. The number of para-hydroxylation sites is 1. The van der Waals surface area contributed by atoms with E-state index < -0.39 is 18.3 Å². The highest BCUT2D eigenvalue weighted by Crippen LogP contribution is 2.36. The maximum atomic E-state index is 13.3. The Morgan fingerprint density at radius 3 is 2.47 bits per heavy atom. The van der Waals surface area contributed by atoms with Crippen LogP contribution in [0.3, 0.4) is 0 Å². The summed E-state index contributed by atoms with van der Waals surface area (Å²) in [4.78, 5) is 12.0. The Morgan fingerprint density at radius 1 is 1.17 bits per heavy atom. The third-order valence-electron chi connectivity index (χ3n) is 7.91. The first-order valence-electron chi connectivity index (χ1n) is 13.1. The summed E-state index contributed by atoms with van der Waals surface area (Å²) in [5.41, 5.74) is 1.85. The van der Waals surface area contributed by atoms with Crippen molar-refractivity contribution in [2.24, 2.45) is 0 Å². The number of nitrogens with zero attached hydrogens (tertiary/aromatic N) is 1. The maximum Gasteiger partial charge on any atom is 0.310 e. The number of fused-ring (bicyclic) bond motifs is 1. The number of benzene rings is 1. The van der Waals surface area contributed by atoms with E-state index in [9.17, 15) is 13.2 Å². The molecule has 1 aliphatic carbocycles. The van der Waals surface area contributed by atoms with Gasteiger partial charge >= 0.3 is 5.97 Å². The molecule has 9 heteroatoms. The topological polar surface area (TPSA) is 86.6 Å². The van der Waals surface area contributed by atoms with Gasteiger partial charge in [-0.15, -0.1) is 0 Å². The predicted octanol–water partition coefficient (Wildman–Crippen LogP) is 5.39. The van der Waals surface area contributed by atoms with Gasteiger partial charge in [0.2, 0.25) is 10.0 Å².